The number of carbonyl (C=O) groups is 1. The number of hydrazine groups is 1. The minimum Gasteiger partial charge on any atom is -0.267 e. The molecule has 0 aromatic heterocycles. The summed E-state index contributed by atoms with van der Waals surface area (Å²) in [5, 5.41) is 0.929. The van der Waals surface area contributed by atoms with Crippen LogP contribution in [0.3, 0.4) is 0 Å². The molecule has 2 aromatic rings. The predicted molar refractivity (Wildman–Crippen MR) is 63.8 cm³/mol. The number of nitrogens with zero attached hydrogens (tertiary/aromatic N) is 1. The Morgan fingerprint density at radius 1 is 1.06 bits per heavy atom. The van der Waals surface area contributed by atoms with E-state index >= 15 is 0 Å². The van der Waals surface area contributed by atoms with E-state index in [-0.39, 0.29) is 5.91 Å². The van der Waals surface area contributed by atoms with Gasteiger partial charge in [-0.3, -0.25) is 4.79 Å². The lowest BCUT2D eigenvalue weighted by Gasteiger charge is -2.16. The number of hydrogen-bond acceptors (Lipinski definition) is 2. The summed E-state index contributed by atoms with van der Waals surface area (Å²) in [4.78, 5) is 11.9. The summed E-state index contributed by atoms with van der Waals surface area (Å²) >= 11 is 0. The molecule has 0 fully saturated rings. The summed E-state index contributed by atoms with van der Waals surface area (Å²) < 4.78 is 13.0. The van der Waals surface area contributed by atoms with E-state index < -0.39 is 5.82 Å². The third kappa shape index (κ3) is 2.49. The first-order valence-electron chi connectivity index (χ1n) is 5.08. The van der Waals surface area contributed by atoms with Gasteiger partial charge in [-0.25, -0.2) is 15.2 Å². The second kappa shape index (κ2) is 4.76. The van der Waals surface area contributed by atoms with Crippen LogP contribution < -0.4 is 10.9 Å². The summed E-state index contributed by atoms with van der Waals surface area (Å²) in [7, 11) is 0. The molecule has 1 amide bonds. The first-order valence-corrected chi connectivity index (χ1v) is 5.08. The van der Waals surface area contributed by atoms with Gasteiger partial charge in [0.25, 0.3) is 5.91 Å². The van der Waals surface area contributed by atoms with Crippen molar-refractivity contribution in [2.45, 2.75) is 0 Å². The van der Waals surface area contributed by atoms with Gasteiger partial charge in [0.05, 0.1) is 5.69 Å². The van der Waals surface area contributed by atoms with Crippen LogP contribution in [-0.4, -0.2) is 5.91 Å². The smallest absolute Gasteiger partial charge is 0.267 e. The third-order valence-corrected chi connectivity index (χ3v) is 2.33. The SMILES string of the molecule is NN(C(=O)c1ccccc1)c1cccc(F)c1. The van der Waals surface area contributed by atoms with Gasteiger partial charge in [0, 0.05) is 5.56 Å². The average Bonchev–Trinajstić information content (AvgIpc) is 2.38. The van der Waals surface area contributed by atoms with Crippen LogP contribution >= 0.6 is 0 Å². The fraction of sp³-hybridized carbons (Fsp3) is 0. The highest BCUT2D eigenvalue weighted by molar-refractivity contribution is 6.05. The predicted octanol–water partition coefficient (Wildman–Crippen LogP) is 2.35. The van der Waals surface area contributed by atoms with E-state index in [9.17, 15) is 9.18 Å². The molecular formula is C13H11FN2O. The van der Waals surface area contributed by atoms with E-state index in [0.717, 1.165) is 5.01 Å². The second-order valence-corrected chi connectivity index (χ2v) is 3.52. The molecule has 0 saturated carbocycles. The normalized spacial score (nSPS) is 10.0. The van der Waals surface area contributed by atoms with E-state index in [1.54, 1.807) is 36.4 Å². The molecule has 4 heteroatoms. The van der Waals surface area contributed by atoms with Crippen LogP contribution in [0.4, 0.5) is 10.1 Å². The summed E-state index contributed by atoms with van der Waals surface area (Å²) in [5.74, 6) is 4.85. The Kier molecular flexibility index (Phi) is 3.16. The van der Waals surface area contributed by atoms with E-state index in [1.807, 2.05) is 0 Å². The monoisotopic (exact) mass is 230 g/mol. The largest absolute Gasteiger partial charge is 0.272 e. The molecule has 3 nitrogen and oxygen atoms in total. The molecule has 2 N–H and O–H groups in total. The van der Waals surface area contributed by atoms with Crippen LogP contribution in [0.15, 0.2) is 54.6 Å². The molecule has 0 atom stereocenters. The van der Waals surface area contributed by atoms with Crippen molar-refractivity contribution in [3.63, 3.8) is 0 Å². The molecule has 0 spiro atoms. The third-order valence-electron chi connectivity index (χ3n) is 2.33. The standard InChI is InChI=1S/C13H11FN2O/c14-11-7-4-8-12(9-11)16(15)13(17)10-5-2-1-3-6-10/h1-9H,15H2. The first kappa shape index (κ1) is 11.3. The van der Waals surface area contributed by atoms with Crippen molar-refractivity contribution >= 4 is 11.6 Å². The maximum Gasteiger partial charge on any atom is 0.272 e. The van der Waals surface area contributed by atoms with Crippen molar-refractivity contribution in [3.8, 4) is 0 Å². The number of amides is 1. The van der Waals surface area contributed by atoms with Gasteiger partial charge >= 0.3 is 0 Å². The fourth-order valence-corrected chi connectivity index (χ4v) is 1.46. The Hall–Kier alpha value is -2.20. The molecular weight excluding hydrogens is 219 g/mol. The molecule has 0 aliphatic carbocycles. The van der Waals surface area contributed by atoms with Crippen molar-refractivity contribution in [1.82, 2.24) is 0 Å². The summed E-state index contributed by atoms with van der Waals surface area (Å²) in [6.07, 6.45) is 0. The van der Waals surface area contributed by atoms with Gasteiger partial charge < -0.3 is 0 Å². The summed E-state index contributed by atoms with van der Waals surface area (Å²) in [5.41, 5.74) is 0.776. The number of anilines is 1. The number of halogens is 1. The highest BCUT2D eigenvalue weighted by Crippen LogP contribution is 2.15. The maximum atomic E-state index is 13.0. The molecule has 2 aromatic carbocycles. The zero-order valence-corrected chi connectivity index (χ0v) is 9.01. The van der Waals surface area contributed by atoms with E-state index in [1.165, 1.54) is 18.2 Å². The topological polar surface area (TPSA) is 46.3 Å². The lowest BCUT2D eigenvalue weighted by Crippen LogP contribution is -2.37. The van der Waals surface area contributed by atoms with Gasteiger partial charge in [0.15, 0.2) is 0 Å². The van der Waals surface area contributed by atoms with E-state index in [4.69, 9.17) is 5.84 Å². The summed E-state index contributed by atoms with van der Waals surface area (Å²) in [6.45, 7) is 0. The molecule has 0 bridgehead atoms. The Morgan fingerprint density at radius 3 is 2.41 bits per heavy atom. The highest BCUT2D eigenvalue weighted by Gasteiger charge is 2.13. The summed E-state index contributed by atoms with van der Waals surface area (Å²) in [6, 6.07) is 14.2. The van der Waals surface area contributed by atoms with Gasteiger partial charge in [-0.15, -0.1) is 0 Å². The quantitative estimate of drug-likeness (QED) is 0.489. The van der Waals surface area contributed by atoms with Gasteiger partial charge in [0.2, 0.25) is 0 Å². The van der Waals surface area contributed by atoms with Crippen molar-refractivity contribution in [2.75, 3.05) is 5.01 Å². The van der Waals surface area contributed by atoms with Crippen LogP contribution in [0.2, 0.25) is 0 Å². The van der Waals surface area contributed by atoms with Crippen molar-refractivity contribution in [3.05, 3.63) is 66.0 Å². The van der Waals surface area contributed by atoms with Crippen LogP contribution in [0.1, 0.15) is 10.4 Å². The Labute approximate surface area is 98.3 Å². The van der Waals surface area contributed by atoms with Crippen LogP contribution in [0, 0.1) is 5.82 Å². The molecule has 0 radical (unpaired) electrons. The Balaban J connectivity index is 2.27. The molecule has 0 aliphatic heterocycles. The van der Waals surface area contributed by atoms with Crippen molar-refractivity contribution in [1.29, 1.82) is 0 Å². The van der Waals surface area contributed by atoms with E-state index in [2.05, 4.69) is 0 Å². The van der Waals surface area contributed by atoms with Gasteiger partial charge in [-0.2, -0.15) is 0 Å². The molecule has 0 saturated heterocycles. The molecule has 0 heterocycles. The zero-order chi connectivity index (χ0) is 12.3. The molecule has 0 unspecified atom stereocenters. The molecule has 0 aliphatic rings. The maximum absolute atomic E-state index is 13.0. The lowest BCUT2D eigenvalue weighted by atomic mass is 10.2. The number of carbonyl (C=O) groups excluding carboxylic acids is 1. The minimum absolute atomic E-state index is 0.318. The minimum atomic E-state index is -0.432. The van der Waals surface area contributed by atoms with Crippen LogP contribution in [0.25, 0.3) is 0 Å². The van der Waals surface area contributed by atoms with Gasteiger partial charge in [0.1, 0.15) is 5.82 Å². The van der Waals surface area contributed by atoms with Crippen molar-refractivity contribution < 1.29 is 9.18 Å². The lowest BCUT2D eigenvalue weighted by molar-refractivity contribution is 0.0987. The van der Waals surface area contributed by atoms with Crippen molar-refractivity contribution in [2.24, 2.45) is 5.84 Å². The molecule has 86 valence electrons. The van der Waals surface area contributed by atoms with E-state index in [0.29, 0.717) is 11.3 Å². The van der Waals surface area contributed by atoms with Crippen LogP contribution in [-0.2, 0) is 0 Å². The second-order valence-electron chi connectivity index (χ2n) is 3.52. The fourth-order valence-electron chi connectivity index (χ4n) is 1.46. The highest BCUT2D eigenvalue weighted by atomic mass is 19.1. The number of nitrogens with two attached hydrogens (primary N) is 1. The van der Waals surface area contributed by atoms with Gasteiger partial charge in [-0.1, -0.05) is 24.3 Å². The Morgan fingerprint density at radius 2 is 1.76 bits per heavy atom. The first-order chi connectivity index (χ1) is 8.18. The molecule has 17 heavy (non-hydrogen) atoms. The average molecular weight is 230 g/mol. The number of hydrogen-bond donors (Lipinski definition) is 1. The molecule has 2 rings (SSSR count). The Bertz CT molecular complexity index is 528. The number of rotatable bonds is 2. The zero-order valence-electron chi connectivity index (χ0n) is 9.01. The van der Waals surface area contributed by atoms with Gasteiger partial charge in [-0.05, 0) is 30.3 Å². The van der Waals surface area contributed by atoms with Crippen LogP contribution in [0.5, 0.6) is 0 Å². The number of benzene rings is 2.